The van der Waals surface area contributed by atoms with Gasteiger partial charge in [0, 0.05) is 25.3 Å². The molecule has 2 fully saturated rings. The number of carboxylic acid groups (broad SMARTS) is 1. The molecule has 0 saturated carbocycles. The summed E-state index contributed by atoms with van der Waals surface area (Å²) in [6.45, 7) is 0.720. The predicted octanol–water partition coefficient (Wildman–Crippen LogP) is 0.227. The molecule has 2 heterocycles. The fourth-order valence-corrected chi connectivity index (χ4v) is 3.13. The third kappa shape index (κ3) is 2.92. The van der Waals surface area contributed by atoms with Gasteiger partial charge in [0.05, 0.1) is 19.0 Å². The maximum atomic E-state index is 11.9. The second-order valence-electron chi connectivity index (χ2n) is 5.99. The number of anilines is 1. The van der Waals surface area contributed by atoms with Gasteiger partial charge in [-0.15, -0.1) is 0 Å². The largest absolute Gasteiger partial charge is 0.481 e. The van der Waals surface area contributed by atoms with Crippen molar-refractivity contribution in [3.63, 3.8) is 0 Å². The second-order valence-corrected chi connectivity index (χ2v) is 5.99. The molecule has 0 spiro atoms. The van der Waals surface area contributed by atoms with E-state index in [1.807, 2.05) is 24.3 Å². The Balaban J connectivity index is 1.86. The van der Waals surface area contributed by atoms with Gasteiger partial charge in [-0.1, -0.05) is 18.2 Å². The smallest absolute Gasteiger partial charge is 0.307 e. The van der Waals surface area contributed by atoms with Crippen molar-refractivity contribution in [2.24, 2.45) is 5.92 Å². The van der Waals surface area contributed by atoms with Gasteiger partial charge in [-0.25, -0.2) is 0 Å². The van der Waals surface area contributed by atoms with Gasteiger partial charge in [0.2, 0.25) is 11.8 Å². The summed E-state index contributed by atoms with van der Waals surface area (Å²) in [5.41, 5.74) is 1.74. The number of carbonyl (C=O) groups is 3. The highest BCUT2D eigenvalue weighted by atomic mass is 16.4. The predicted molar refractivity (Wildman–Crippen MR) is 82.9 cm³/mol. The van der Waals surface area contributed by atoms with Crippen molar-refractivity contribution in [1.29, 1.82) is 0 Å². The van der Waals surface area contributed by atoms with Gasteiger partial charge in [-0.05, 0) is 18.1 Å². The first kappa shape index (κ1) is 15.5. The summed E-state index contributed by atoms with van der Waals surface area (Å²) in [6.07, 6.45) is 0.502. The first-order valence-corrected chi connectivity index (χ1v) is 7.57. The van der Waals surface area contributed by atoms with Crippen LogP contribution in [0.4, 0.5) is 5.69 Å². The Morgan fingerprint density at radius 3 is 2.48 bits per heavy atom. The van der Waals surface area contributed by atoms with E-state index in [4.69, 9.17) is 5.11 Å². The highest BCUT2D eigenvalue weighted by Crippen LogP contribution is 2.34. The third-order valence-electron chi connectivity index (χ3n) is 4.53. The molecule has 3 rings (SSSR count). The van der Waals surface area contributed by atoms with Crippen LogP contribution in [-0.4, -0.2) is 54.5 Å². The molecule has 0 radical (unpaired) electrons. The Hall–Kier alpha value is -2.41. The van der Waals surface area contributed by atoms with E-state index in [9.17, 15) is 14.4 Å². The number of nitrogens with one attached hydrogen (secondary N) is 1. The first-order chi connectivity index (χ1) is 11.0. The second kappa shape index (κ2) is 6.00. The number of amides is 2. The number of imide groups is 1. The lowest BCUT2D eigenvalue weighted by Crippen LogP contribution is -2.52. The summed E-state index contributed by atoms with van der Waals surface area (Å²) < 4.78 is 0. The van der Waals surface area contributed by atoms with E-state index >= 15 is 0 Å². The van der Waals surface area contributed by atoms with Crippen LogP contribution in [0, 0.1) is 5.92 Å². The van der Waals surface area contributed by atoms with Crippen molar-refractivity contribution in [1.82, 2.24) is 10.2 Å². The Morgan fingerprint density at radius 1 is 1.22 bits per heavy atom. The summed E-state index contributed by atoms with van der Waals surface area (Å²) in [7, 11) is 1.49. The van der Waals surface area contributed by atoms with Crippen LogP contribution >= 0.6 is 0 Å². The number of piperazine rings is 1. The van der Waals surface area contributed by atoms with Crippen molar-refractivity contribution < 1.29 is 19.5 Å². The average molecular weight is 317 g/mol. The minimum Gasteiger partial charge on any atom is -0.481 e. The van der Waals surface area contributed by atoms with Gasteiger partial charge in [0.1, 0.15) is 0 Å². The average Bonchev–Trinajstić information content (AvgIpc) is 3.02. The van der Waals surface area contributed by atoms with E-state index in [0.717, 1.165) is 16.2 Å². The fourth-order valence-electron chi connectivity index (χ4n) is 3.13. The number of hydrogen-bond acceptors (Lipinski definition) is 5. The summed E-state index contributed by atoms with van der Waals surface area (Å²) >= 11 is 0. The summed E-state index contributed by atoms with van der Waals surface area (Å²) in [5.74, 6) is -1.69. The van der Waals surface area contributed by atoms with Crippen molar-refractivity contribution in [2.75, 3.05) is 31.6 Å². The quantitative estimate of drug-likeness (QED) is 0.776. The number of hydrogen-bond donors (Lipinski definition) is 2. The molecular formula is C16H19N3O4. The summed E-state index contributed by atoms with van der Waals surface area (Å²) in [6, 6.07) is 7.45. The molecule has 1 aromatic carbocycles. The molecule has 2 aliphatic rings. The lowest BCUT2D eigenvalue weighted by Gasteiger charge is -2.34. The number of carboxylic acids is 1. The number of carbonyl (C=O) groups excluding carboxylic acids is 2. The van der Waals surface area contributed by atoms with Crippen LogP contribution in [0.5, 0.6) is 0 Å². The lowest BCUT2D eigenvalue weighted by atomic mass is 9.98. The zero-order chi connectivity index (χ0) is 16.6. The molecule has 2 atom stereocenters. The molecule has 1 aromatic rings. The van der Waals surface area contributed by atoms with Crippen LogP contribution in [0.15, 0.2) is 24.3 Å². The molecule has 7 nitrogen and oxygen atoms in total. The highest BCUT2D eigenvalue weighted by Gasteiger charge is 2.34. The number of likely N-dealkylation sites (N-methyl/N-ethyl adjacent to an activating group) is 1. The number of rotatable bonds is 3. The molecule has 0 aliphatic carbocycles. The SMILES string of the molecule is CN1C(=O)CN(c2ccccc2C2CC(C(=O)O)CN2)CC1=O. The van der Waals surface area contributed by atoms with E-state index in [2.05, 4.69) is 5.32 Å². The molecule has 0 bridgehead atoms. The van der Waals surface area contributed by atoms with Crippen LogP contribution in [-0.2, 0) is 14.4 Å². The van der Waals surface area contributed by atoms with Crippen LogP contribution < -0.4 is 10.2 Å². The fraction of sp³-hybridized carbons (Fsp3) is 0.438. The molecule has 2 aliphatic heterocycles. The van der Waals surface area contributed by atoms with E-state index in [1.165, 1.54) is 7.05 Å². The number of benzene rings is 1. The Bertz CT molecular complexity index is 642. The Labute approximate surface area is 133 Å². The van der Waals surface area contributed by atoms with Gasteiger partial charge >= 0.3 is 5.97 Å². The van der Waals surface area contributed by atoms with Gasteiger partial charge < -0.3 is 15.3 Å². The van der Waals surface area contributed by atoms with Crippen LogP contribution in [0.3, 0.4) is 0 Å². The van der Waals surface area contributed by atoms with Crippen LogP contribution in [0.2, 0.25) is 0 Å². The molecule has 2 unspecified atom stereocenters. The maximum Gasteiger partial charge on any atom is 0.307 e. The van der Waals surface area contributed by atoms with Crippen molar-refractivity contribution in [3.8, 4) is 0 Å². The van der Waals surface area contributed by atoms with E-state index < -0.39 is 11.9 Å². The summed E-state index contributed by atoms with van der Waals surface area (Å²) in [5, 5.41) is 12.4. The highest BCUT2D eigenvalue weighted by molar-refractivity contribution is 6.02. The van der Waals surface area contributed by atoms with Crippen molar-refractivity contribution >= 4 is 23.5 Å². The molecule has 2 saturated heterocycles. The van der Waals surface area contributed by atoms with Gasteiger partial charge in [-0.3, -0.25) is 19.3 Å². The Kier molecular flexibility index (Phi) is 4.04. The third-order valence-corrected chi connectivity index (χ3v) is 4.53. The topological polar surface area (TPSA) is 90.0 Å². The van der Waals surface area contributed by atoms with Gasteiger partial charge in [0.15, 0.2) is 0 Å². The van der Waals surface area contributed by atoms with E-state index in [-0.39, 0.29) is 30.9 Å². The van der Waals surface area contributed by atoms with Crippen molar-refractivity contribution in [3.05, 3.63) is 29.8 Å². The van der Waals surface area contributed by atoms with Crippen LogP contribution in [0.1, 0.15) is 18.0 Å². The monoisotopic (exact) mass is 317 g/mol. The minimum atomic E-state index is -0.803. The van der Waals surface area contributed by atoms with E-state index in [0.29, 0.717) is 13.0 Å². The first-order valence-electron chi connectivity index (χ1n) is 7.57. The van der Waals surface area contributed by atoms with Crippen molar-refractivity contribution in [2.45, 2.75) is 12.5 Å². The van der Waals surface area contributed by atoms with Gasteiger partial charge in [0.25, 0.3) is 0 Å². The normalized spacial score (nSPS) is 25.1. The van der Waals surface area contributed by atoms with E-state index in [1.54, 1.807) is 4.90 Å². The number of nitrogens with zero attached hydrogens (tertiary/aromatic N) is 2. The maximum absolute atomic E-state index is 11.9. The molecule has 122 valence electrons. The molecule has 7 heteroatoms. The molecule has 23 heavy (non-hydrogen) atoms. The molecule has 0 aromatic heterocycles. The van der Waals surface area contributed by atoms with Crippen LogP contribution in [0.25, 0.3) is 0 Å². The molecular weight excluding hydrogens is 298 g/mol. The molecule has 2 N–H and O–H groups in total. The number of aliphatic carboxylic acids is 1. The summed E-state index contributed by atoms with van der Waals surface area (Å²) in [4.78, 5) is 37.9. The number of para-hydroxylation sites is 1. The standard InChI is InChI=1S/C16H19N3O4/c1-18-14(20)8-19(9-15(18)21)13-5-3-2-4-11(13)12-6-10(7-17-12)16(22)23/h2-5,10,12,17H,6-9H2,1H3,(H,22,23). The zero-order valence-corrected chi connectivity index (χ0v) is 12.9. The lowest BCUT2D eigenvalue weighted by molar-refractivity contribution is -0.144. The molecule has 2 amide bonds. The minimum absolute atomic E-state index is 0.0860. The van der Waals surface area contributed by atoms with Gasteiger partial charge in [-0.2, -0.15) is 0 Å². The zero-order valence-electron chi connectivity index (χ0n) is 12.9. The Morgan fingerprint density at radius 2 is 1.87 bits per heavy atom.